The van der Waals surface area contributed by atoms with Crippen LogP contribution < -0.4 is 5.32 Å². The van der Waals surface area contributed by atoms with Crippen molar-refractivity contribution in [3.8, 4) is 0 Å². The first-order valence-electron chi connectivity index (χ1n) is 5.92. The van der Waals surface area contributed by atoms with E-state index in [1.165, 1.54) is 0 Å². The Kier molecular flexibility index (Phi) is 4.71. The van der Waals surface area contributed by atoms with E-state index in [4.69, 9.17) is 0 Å². The van der Waals surface area contributed by atoms with Crippen LogP contribution in [0, 0.1) is 0 Å². The zero-order valence-corrected chi connectivity index (χ0v) is 11.8. The molecule has 0 bridgehead atoms. The number of nitrogens with one attached hydrogen (secondary N) is 1. The van der Waals surface area contributed by atoms with Gasteiger partial charge >= 0.3 is 0 Å². The summed E-state index contributed by atoms with van der Waals surface area (Å²) in [5, 5.41) is 12.7. The summed E-state index contributed by atoms with van der Waals surface area (Å²) in [4.78, 5) is 11.9. The highest BCUT2D eigenvalue weighted by Gasteiger charge is 2.18. The predicted molar refractivity (Wildman–Crippen MR) is 77.4 cm³/mol. The van der Waals surface area contributed by atoms with Gasteiger partial charge in [0, 0.05) is 16.6 Å². The maximum atomic E-state index is 11.9. The van der Waals surface area contributed by atoms with E-state index in [0.717, 1.165) is 10.0 Å². The van der Waals surface area contributed by atoms with Crippen LogP contribution in [0.25, 0.3) is 0 Å². The molecular formula is C15H14BrNO2. The quantitative estimate of drug-likeness (QED) is 0.910. The molecule has 2 N–H and O–H groups in total. The van der Waals surface area contributed by atoms with Crippen molar-refractivity contribution in [3.05, 3.63) is 70.2 Å². The minimum absolute atomic E-state index is 0.404. The summed E-state index contributed by atoms with van der Waals surface area (Å²) in [5.41, 5.74) is 1.56. The van der Waals surface area contributed by atoms with Crippen LogP contribution in [0.4, 0.5) is 0 Å². The summed E-state index contributed by atoms with van der Waals surface area (Å²) in [6, 6.07) is 16.7. The van der Waals surface area contributed by atoms with Gasteiger partial charge in [-0.2, -0.15) is 0 Å². The summed E-state index contributed by atoms with van der Waals surface area (Å²) in [7, 11) is 0. The topological polar surface area (TPSA) is 49.3 Å². The van der Waals surface area contributed by atoms with Gasteiger partial charge in [-0.1, -0.05) is 64.5 Å². The minimum atomic E-state index is -1.17. The molecule has 19 heavy (non-hydrogen) atoms. The lowest BCUT2D eigenvalue weighted by Crippen LogP contribution is -2.29. The van der Waals surface area contributed by atoms with Gasteiger partial charge in [-0.25, -0.2) is 0 Å². The molecule has 0 aromatic heterocycles. The number of aliphatic hydroxyl groups excluding tert-OH is 1. The lowest BCUT2D eigenvalue weighted by atomic mass is 10.1. The Labute approximate surface area is 120 Å². The van der Waals surface area contributed by atoms with Gasteiger partial charge in [0.25, 0.3) is 5.91 Å². The number of rotatable bonds is 4. The Morgan fingerprint density at radius 3 is 2.42 bits per heavy atom. The van der Waals surface area contributed by atoms with Crippen molar-refractivity contribution in [3.63, 3.8) is 0 Å². The van der Waals surface area contributed by atoms with Crippen LogP contribution in [0.5, 0.6) is 0 Å². The number of carbonyl (C=O) groups is 1. The van der Waals surface area contributed by atoms with E-state index in [2.05, 4.69) is 21.2 Å². The number of amides is 1. The van der Waals surface area contributed by atoms with Crippen LogP contribution in [0.2, 0.25) is 0 Å². The van der Waals surface area contributed by atoms with Gasteiger partial charge in [-0.3, -0.25) is 4.79 Å². The van der Waals surface area contributed by atoms with Gasteiger partial charge in [0.1, 0.15) is 0 Å². The van der Waals surface area contributed by atoms with E-state index >= 15 is 0 Å². The Morgan fingerprint density at radius 1 is 1.11 bits per heavy atom. The maximum Gasteiger partial charge on any atom is 0.253 e. The lowest BCUT2D eigenvalue weighted by Gasteiger charge is -2.13. The van der Waals surface area contributed by atoms with Crippen molar-refractivity contribution >= 4 is 21.8 Å². The zero-order valence-electron chi connectivity index (χ0n) is 10.2. The number of benzene rings is 2. The van der Waals surface area contributed by atoms with Crippen molar-refractivity contribution in [2.45, 2.75) is 12.6 Å². The van der Waals surface area contributed by atoms with Crippen LogP contribution in [0.3, 0.4) is 0 Å². The first-order chi connectivity index (χ1) is 9.18. The Balaban J connectivity index is 1.99. The summed E-state index contributed by atoms with van der Waals surface area (Å²) in [6.45, 7) is 0.404. The second-order valence-corrected chi connectivity index (χ2v) is 4.98. The molecule has 0 fully saturated rings. The number of aliphatic hydroxyl groups is 1. The molecule has 0 radical (unpaired) electrons. The summed E-state index contributed by atoms with van der Waals surface area (Å²) < 4.78 is 0.720. The van der Waals surface area contributed by atoms with Crippen molar-refractivity contribution in [1.29, 1.82) is 0 Å². The molecule has 98 valence electrons. The van der Waals surface area contributed by atoms with Crippen molar-refractivity contribution in [2.24, 2.45) is 0 Å². The number of carbonyl (C=O) groups excluding carboxylic acids is 1. The van der Waals surface area contributed by atoms with E-state index in [0.29, 0.717) is 12.1 Å². The highest BCUT2D eigenvalue weighted by molar-refractivity contribution is 9.10. The molecule has 0 saturated carbocycles. The number of hydrogen-bond donors (Lipinski definition) is 2. The average molecular weight is 320 g/mol. The van der Waals surface area contributed by atoms with E-state index < -0.39 is 12.0 Å². The first kappa shape index (κ1) is 13.8. The molecule has 4 heteroatoms. The van der Waals surface area contributed by atoms with Crippen LogP contribution in [-0.4, -0.2) is 11.0 Å². The fourth-order valence-electron chi connectivity index (χ4n) is 1.72. The van der Waals surface area contributed by atoms with Crippen molar-refractivity contribution in [2.75, 3.05) is 0 Å². The standard InChI is InChI=1S/C15H14BrNO2/c16-13-9-5-4-8-12(13)14(18)15(19)17-10-11-6-2-1-3-7-11/h1-9,14,18H,10H2,(H,17,19)/t14-/m0/s1. The highest BCUT2D eigenvalue weighted by atomic mass is 79.9. The predicted octanol–water partition coefficient (Wildman–Crippen LogP) is 2.80. The highest BCUT2D eigenvalue weighted by Crippen LogP contribution is 2.23. The largest absolute Gasteiger partial charge is 0.378 e. The third kappa shape index (κ3) is 3.66. The molecule has 0 heterocycles. The van der Waals surface area contributed by atoms with E-state index in [1.54, 1.807) is 18.2 Å². The van der Waals surface area contributed by atoms with Gasteiger partial charge in [-0.05, 0) is 11.6 Å². The maximum absolute atomic E-state index is 11.9. The normalized spacial score (nSPS) is 11.9. The molecule has 2 rings (SSSR count). The molecule has 0 spiro atoms. The monoisotopic (exact) mass is 319 g/mol. The van der Waals surface area contributed by atoms with E-state index in [1.807, 2.05) is 36.4 Å². The van der Waals surface area contributed by atoms with Crippen molar-refractivity contribution < 1.29 is 9.90 Å². The van der Waals surface area contributed by atoms with Crippen LogP contribution in [0.1, 0.15) is 17.2 Å². The fraction of sp³-hybridized carbons (Fsp3) is 0.133. The second kappa shape index (κ2) is 6.50. The third-order valence-electron chi connectivity index (χ3n) is 2.76. The molecule has 0 saturated heterocycles. The van der Waals surface area contributed by atoms with E-state index in [-0.39, 0.29) is 0 Å². The van der Waals surface area contributed by atoms with Gasteiger partial charge < -0.3 is 10.4 Å². The summed E-state index contributed by atoms with van der Waals surface area (Å²) >= 11 is 3.32. The molecule has 1 amide bonds. The zero-order chi connectivity index (χ0) is 13.7. The summed E-state index contributed by atoms with van der Waals surface area (Å²) in [5.74, 6) is -0.407. The molecule has 2 aromatic carbocycles. The Bertz CT molecular complexity index is 557. The number of hydrogen-bond acceptors (Lipinski definition) is 2. The van der Waals surface area contributed by atoms with Crippen molar-refractivity contribution in [1.82, 2.24) is 5.32 Å². The average Bonchev–Trinajstić information content (AvgIpc) is 2.45. The van der Waals surface area contributed by atoms with Gasteiger partial charge in [0.15, 0.2) is 6.10 Å². The van der Waals surface area contributed by atoms with Gasteiger partial charge in [0.05, 0.1) is 0 Å². The molecule has 3 nitrogen and oxygen atoms in total. The molecule has 0 aliphatic heterocycles. The lowest BCUT2D eigenvalue weighted by molar-refractivity contribution is -0.129. The number of halogens is 1. The minimum Gasteiger partial charge on any atom is -0.378 e. The van der Waals surface area contributed by atoms with Gasteiger partial charge in [-0.15, -0.1) is 0 Å². The Morgan fingerprint density at radius 2 is 1.74 bits per heavy atom. The van der Waals surface area contributed by atoms with Crippen LogP contribution in [0.15, 0.2) is 59.1 Å². The SMILES string of the molecule is O=C(NCc1ccccc1)[C@@H](O)c1ccccc1Br. The molecule has 0 aliphatic carbocycles. The van der Waals surface area contributed by atoms with E-state index in [9.17, 15) is 9.90 Å². The third-order valence-corrected chi connectivity index (χ3v) is 3.48. The van der Waals surface area contributed by atoms with Crippen LogP contribution >= 0.6 is 15.9 Å². The summed E-state index contributed by atoms with van der Waals surface area (Å²) in [6.07, 6.45) is -1.17. The molecular weight excluding hydrogens is 306 g/mol. The smallest absolute Gasteiger partial charge is 0.253 e. The van der Waals surface area contributed by atoms with Crippen LogP contribution in [-0.2, 0) is 11.3 Å². The fourth-order valence-corrected chi connectivity index (χ4v) is 2.22. The Hall–Kier alpha value is -1.65. The first-order valence-corrected chi connectivity index (χ1v) is 6.72. The molecule has 2 aromatic rings. The second-order valence-electron chi connectivity index (χ2n) is 4.13. The van der Waals surface area contributed by atoms with Gasteiger partial charge in [0.2, 0.25) is 0 Å². The molecule has 0 aliphatic rings. The molecule has 0 unspecified atom stereocenters. The molecule has 1 atom stereocenters.